The summed E-state index contributed by atoms with van der Waals surface area (Å²) in [5.74, 6) is 0.121. The van der Waals surface area contributed by atoms with Gasteiger partial charge in [-0.3, -0.25) is 4.21 Å². The van der Waals surface area contributed by atoms with Crippen LogP contribution in [0.3, 0.4) is 0 Å². The highest BCUT2D eigenvalue weighted by Gasteiger charge is 1.97. The third-order valence-electron chi connectivity index (χ3n) is 1.02. The highest BCUT2D eigenvalue weighted by molar-refractivity contribution is 7.79. The Balaban J connectivity index is 0.000000364. The zero-order valence-corrected chi connectivity index (χ0v) is 9.31. The van der Waals surface area contributed by atoms with Gasteiger partial charge >= 0.3 is 0 Å². The first-order valence-electron chi connectivity index (χ1n) is 4.29. The van der Waals surface area contributed by atoms with Crippen molar-refractivity contribution in [3.63, 3.8) is 0 Å². The second-order valence-corrected chi connectivity index (χ2v) is 4.31. The smallest absolute Gasteiger partial charge is 0.138 e. The van der Waals surface area contributed by atoms with E-state index >= 15 is 0 Å². The number of hydrogen-bond donors (Lipinski definition) is 0. The molecule has 0 bridgehead atoms. The van der Waals surface area contributed by atoms with E-state index in [2.05, 4.69) is 20.8 Å². The lowest BCUT2D eigenvalue weighted by Crippen LogP contribution is -1.91. The third-order valence-corrected chi connectivity index (χ3v) is 1.71. The van der Waals surface area contributed by atoms with Gasteiger partial charge in [0.1, 0.15) is 5.82 Å². The molecule has 0 aliphatic carbocycles. The average molecular weight is 217 g/mol. The fourth-order valence-corrected chi connectivity index (χ4v) is 0.997. The molecule has 0 heterocycles. The van der Waals surface area contributed by atoms with Gasteiger partial charge in [0, 0.05) is 0 Å². The van der Waals surface area contributed by atoms with Crippen molar-refractivity contribution >= 4 is 11.1 Å². The van der Waals surface area contributed by atoms with E-state index in [-0.39, 0.29) is 4.90 Å². The Kier molecular flexibility index (Phi) is 6.32. The fraction of sp³-hybridized carbons (Fsp3) is 0.400. The largest absolute Gasteiger partial charge is 0.768 e. The zero-order chi connectivity index (χ0) is 11.1. The van der Waals surface area contributed by atoms with Crippen molar-refractivity contribution in [3.8, 4) is 0 Å². The Bertz CT molecular complexity index is 297. The summed E-state index contributed by atoms with van der Waals surface area (Å²) >= 11 is -2.47. The van der Waals surface area contributed by atoms with Crippen LogP contribution < -0.4 is 0 Å². The van der Waals surface area contributed by atoms with E-state index in [9.17, 15) is 13.2 Å². The standard InChI is InChI=1S/C6H5FO2S.C4H10/c7-5-3-1-2-4-6(5)10(8)9;1-4(2)3/h1-4H,(H,8,9);4H,1-3H3/p-1. The molecule has 0 aromatic heterocycles. The molecule has 0 amide bonds. The van der Waals surface area contributed by atoms with E-state index < -0.39 is 16.9 Å². The molecule has 0 saturated heterocycles. The molecule has 1 unspecified atom stereocenters. The summed E-state index contributed by atoms with van der Waals surface area (Å²) in [7, 11) is 0. The van der Waals surface area contributed by atoms with E-state index in [1.807, 2.05) is 0 Å². The lowest BCUT2D eigenvalue weighted by atomic mass is 10.3. The lowest BCUT2D eigenvalue weighted by molar-refractivity contribution is 0.523. The Labute approximate surface area is 86.4 Å². The molecule has 1 rings (SSSR count). The zero-order valence-electron chi connectivity index (χ0n) is 8.49. The van der Waals surface area contributed by atoms with Gasteiger partial charge in [-0.1, -0.05) is 32.9 Å². The van der Waals surface area contributed by atoms with Crippen LogP contribution in [-0.4, -0.2) is 8.76 Å². The van der Waals surface area contributed by atoms with E-state index in [0.717, 1.165) is 12.0 Å². The molecule has 1 aromatic rings. The van der Waals surface area contributed by atoms with Gasteiger partial charge < -0.3 is 4.55 Å². The molecule has 0 radical (unpaired) electrons. The quantitative estimate of drug-likeness (QED) is 0.678. The Hall–Kier alpha value is -0.740. The predicted molar refractivity (Wildman–Crippen MR) is 54.1 cm³/mol. The van der Waals surface area contributed by atoms with Crippen molar-refractivity contribution in [2.75, 3.05) is 0 Å². The van der Waals surface area contributed by atoms with Gasteiger partial charge in [0.2, 0.25) is 0 Å². The van der Waals surface area contributed by atoms with E-state index in [0.29, 0.717) is 0 Å². The second kappa shape index (κ2) is 6.68. The SMILES string of the molecule is CC(C)C.O=S([O-])c1ccccc1F. The van der Waals surface area contributed by atoms with Gasteiger partial charge in [0.25, 0.3) is 0 Å². The van der Waals surface area contributed by atoms with Gasteiger partial charge in [0.15, 0.2) is 0 Å². The van der Waals surface area contributed by atoms with Crippen LogP contribution in [0.5, 0.6) is 0 Å². The molecule has 0 saturated carbocycles. The van der Waals surface area contributed by atoms with Crippen LogP contribution in [0.15, 0.2) is 29.2 Å². The maximum Gasteiger partial charge on any atom is 0.138 e. The number of hydrogen-bond acceptors (Lipinski definition) is 2. The highest BCUT2D eigenvalue weighted by Crippen LogP contribution is 2.08. The molecular formula is C10H14FO2S-. The minimum Gasteiger partial charge on any atom is -0.768 e. The molecule has 1 aromatic carbocycles. The topological polar surface area (TPSA) is 40.1 Å². The third kappa shape index (κ3) is 5.83. The van der Waals surface area contributed by atoms with Crippen molar-refractivity contribution in [3.05, 3.63) is 30.1 Å². The summed E-state index contributed by atoms with van der Waals surface area (Å²) in [6.45, 7) is 6.50. The summed E-state index contributed by atoms with van der Waals surface area (Å²) in [6, 6.07) is 5.21. The molecule has 0 fully saturated rings. The van der Waals surface area contributed by atoms with E-state index in [4.69, 9.17) is 0 Å². The van der Waals surface area contributed by atoms with Crippen molar-refractivity contribution in [2.24, 2.45) is 5.92 Å². The minimum atomic E-state index is -2.47. The Morgan fingerprint density at radius 2 is 1.71 bits per heavy atom. The number of halogens is 1. The van der Waals surface area contributed by atoms with Crippen molar-refractivity contribution in [1.82, 2.24) is 0 Å². The molecule has 80 valence electrons. The van der Waals surface area contributed by atoms with Gasteiger partial charge in [-0.2, -0.15) is 0 Å². The fourth-order valence-electron chi connectivity index (χ4n) is 0.580. The average Bonchev–Trinajstić information content (AvgIpc) is 2.03. The maximum absolute atomic E-state index is 12.4. The second-order valence-electron chi connectivity index (χ2n) is 3.40. The molecule has 2 nitrogen and oxygen atoms in total. The molecular weight excluding hydrogens is 203 g/mol. The van der Waals surface area contributed by atoms with Crippen LogP contribution in [-0.2, 0) is 11.1 Å². The van der Waals surface area contributed by atoms with E-state index in [1.54, 1.807) is 0 Å². The summed E-state index contributed by atoms with van der Waals surface area (Å²) < 4.78 is 32.8. The summed E-state index contributed by atoms with van der Waals surface area (Å²) in [5, 5.41) is 0. The summed E-state index contributed by atoms with van der Waals surface area (Å²) in [5.41, 5.74) is 0. The van der Waals surface area contributed by atoms with Crippen molar-refractivity contribution in [1.29, 1.82) is 0 Å². The normalized spacial score (nSPS) is 11.9. The first kappa shape index (κ1) is 13.3. The van der Waals surface area contributed by atoms with Crippen molar-refractivity contribution in [2.45, 2.75) is 25.7 Å². The maximum atomic E-state index is 12.4. The van der Waals surface area contributed by atoms with Crippen LogP contribution in [0.4, 0.5) is 4.39 Å². The van der Waals surface area contributed by atoms with Crippen LogP contribution in [0, 0.1) is 11.7 Å². The monoisotopic (exact) mass is 217 g/mol. The highest BCUT2D eigenvalue weighted by atomic mass is 32.2. The van der Waals surface area contributed by atoms with Gasteiger partial charge in [-0.05, 0) is 29.1 Å². The van der Waals surface area contributed by atoms with Crippen LogP contribution >= 0.6 is 0 Å². The van der Waals surface area contributed by atoms with Crippen molar-refractivity contribution < 1.29 is 13.2 Å². The molecule has 1 atom stereocenters. The molecule has 4 heteroatoms. The number of benzene rings is 1. The molecule has 0 N–H and O–H groups in total. The summed E-state index contributed by atoms with van der Waals surface area (Å²) in [4.78, 5) is -0.289. The first-order chi connectivity index (χ1) is 6.45. The molecule has 0 spiro atoms. The Morgan fingerprint density at radius 3 is 2.00 bits per heavy atom. The molecule has 0 aliphatic rings. The Morgan fingerprint density at radius 1 is 1.29 bits per heavy atom. The predicted octanol–water partition coefficient (Wildman–Crippen LogP) is 2.73. The molecule has 14 heavy (non-hydrogen) atoms. The van der Waals surface area contributed by atoms with Crippen LogP contribution in [0.25, 0.3) is 0 Å². The van der Waals surface area contributed by atoms with Gasteiger partial charge in [-0.15, -0.1) is 0 Å². The van der Waals surface area contributed by atoms with Gasteiger partial charge in [0.05, 0.1) is 4.90 Å². The number of rotatable bonds is 1. The minimum absolute atomic E-state index is 0.289. The van der Waals surface area contributed by atoms with Gasteiger partial charge in [-0.25, -0.2) is 4.39 Å². The van der Waals surface area contributed by atoms with Crippen LogP contribution in [0.2, 0.25) is 0 Å². The lowest BCUT2D eigenvalue weighted by Gasteiger charge is -2.04. The summed E-state index contributed by atoms with van der Waals surface area (Å²) in [6.07, 6.45) is 0. The van der Waals surface area contributed by atoms with Crippen LogP contribution in [0.1, 0.15) is 20.8 Å². The van der Waals surface area contributed by atoms with E-state index in [1.165, 1.54) is 18.2 Å². The molecule has 0 aliphatic heterocycles. The first-order valence-corrected chi connectivity index (χ1v) is 5.36.